The van der Waals surface area contributed by atoms with Crippen LogP contribution in [0.3, 0.4) is 0 Å². The molecule has 0 saturated carbocycles. The summed E-state index contributed by atoms with van der Waals surface area (Å²) < 4.78 is 0. The predicted molar refractivity (Wildman–Crippen MR) is 94.3 cm³/mol. The van der Waals surface area contributed by atoms with E-state index in [1.165, 1.54) is 0 Å². The van der Waals surface area contributed by atoms with Gasteiger partial charge in [-0.3, -0.25) is 9.59 Å². The molecule has 2 aliphatic rings. The monoisotopic (exact) mass is 365 g/mol. The third kappa shape index (κ3) is 5.75. The first-order chi connectivity index (χ1) is 12.7. The fourth-order valence-electron chi connectivity index (χ4n) is 3.47. The number of nitrogens with zero attached hydrogens (tertiary/aromatic N) is 3. The molecule has 3 amide bonds. The lowest BCUT2D eigenvalue weighted by Gasteiger charge is -2.36. The molecule has 1 atom stereocenters. The summed E-state index contributed by atoms with van der Waals surface area (Å²) in [6.07, 6.45) is 9.18. The smallest absolute Gasteiger partial charge is 0.318 e. The molecule has 3 N–H and O–H groups in total. The van der Waals surface area contributed by atoms with E-state index in [0.29, 0.717) is 13.0 Å². The molecule has 1 aromatic rings. The molecule has 2 fully saturated rings. The van der Waals surface area contributed by atoms with Crippen molar-refractivity contribution in [2.75, 3.05) is 19.6 Å². The van der Waals surface area contributed by atoms with Gasteiger partial charge < -0.3 is 25.2 Å². The minimum Gasteiger partial charge on any atom is -0.483 e. The van der Waals surface area contributed by atoms with E-state index >= 15 is 0 Å². The van der Waals surface area contributed by atoms with Crippen LogP contribution >= 0.6 is 0 Å². The van der Waals surface area contributed by atoms with Gasteiger partial charge in [0.25, 0.3) is 6.47 Å². The maximum absolute atomic E-state index is 12.5. The molecule has 26 heavy (non-hydrogen) atoms. The van der Waals surface area contributed by atoms with Gasteiger partial charge >= 0.3 is 6.03 Å². The van der Waals surface area contributed by atoms with Crippen LogP contribution in [0.1, 0.15) is 44.3 Å². The molecule has 0 spiro atoms. The van der Waals surface area contributed by atoms with E-state index < -0.39 is 0 Å². The Bertz CT molecular complexity index is 578. The average molecular weight is 365 g/mol. The lowest BCUT2D eigenvalue weighted by atomic mass is 9.99. The summed E-state index contributed by atoms with van der Waals surface area (Å²) in [6.45, 7) is 2.60. The highest BCUT2D eigenvalue weighted by atomic mass is 16.3. The molecule has 3 rings (SSSR count). The number of amides is 3. The fourth-order valence-corrected chi connectivity index (χ4v) is 3.47. The van der Waals surface area contributed by atoms with E-state index in [4.69, 9.17) is 9.90 Å². The molecule has 9 heteroatoms. The Morgan fingerprint density at radius 2 is 2.19 bits per heavy atom. The van der Waals surface area contributed by atoms with Crippen LogP contribution in [0, 0.1) is 0 Å². The number of aromatic amines is 1. The Kier molecular flexibility index (Phi) is 7.91. The molecule has 3 heterocycles. The summed E-state index contributed by atoms with van der Waals surface area (Å²) >= 11 is 0. The number of hydrogen-bond acceptors (Lipinski definition) is 4. The van der Waals surface area contributed by atoms with Gasteiger partial charge in [0.2, 0.25) is 5.91 Å². The van der Waals surface area contributed by atoms with Crippen molar-refractivity contribution in [2.45, 2.75) is 51.1 Å². The topological polar surface area (TPSA) is 119 Å². The lowest BCUT2D eigenvalue weighted by Crippen LogP contribution is -2.49. The van der Waals surface area contributed by atoms with Gasteiger partial charge in [0.15, 0.2) is 0 Å². The van der Waals surface area contributed by atoms with Crippen molar-refractivity contribution >= 4 is 18.4 Å². The fraction of sp³-hybridized carbons (Fsp3) is 0.647. The highest BCUT2D eigenvalue weighted by Crippen LogP contribution is 2.21. The van der Waals surface area contributed by atoms with Crippen LogP contribution in [0.4, 0.5) is 4.79 Å². The highest BCUT2D eigenvalue weighted by molar-refractivity contribution is 5.78. The molecule has 144 valence electrons. The van der Waals surface area contributed by atoms with Crippen LogP contribution in [0.5, 0.6) is 0 Å². The molecule has 2 aliphatic heterocycles. The van der Waals surface area contributed by atoms with E-state index in [1.807, 2.05) is 9.80 Å². The van der Waals surface area contributed by atoms with Gasteiger partial charge in [0.05, 0.1) is 6.54 Å². The molecule has 1 aromatic heterocycles. The van der Waals surface area contributed by atoms with Gasteiger partial charge in [-0.05, 0) is 32.1 Å². The van der Waals surface area contributed by atoms with Crippen LogP contribution in [0.2, 0.25) is 0 Å². The summed E-state index contributed by atoms with van der Waals surface area (Å²) in [5.41, 5.74) is 0. The number of aromatic nitrogens is 2. The van der Waals surface area contributed by atoms with E-state index in [1.54, 1.807) is 12.4 Å². The zero-order valence-electron chi connectivity index (χ0n) is 14.9. The van der Waals surface area contributed by atoms with Crippen LogP contribution < -0.4 is 5.32 Å². The summed E-state index contributed by atoms with van der Waals surface area (Å²) in [6, 6.07) is 0.201. The minimum atomic E-state index is -0.250. The Morgan fingerprint density at radius 3 is 2.85 bits per heavy atom. The summed E-state index contributed by atoms with van der Waals surface area (Å²) in [5.74, 6) is 1.02. The molecule has 9 nitrogen and oxygen atoms in total. The van der Waals surface area contributed by atoms with Gasteiger partial charge in [-0.2, -0.15) is 0 Å². The second-order valence-electron chi connectivity index (χ2n) is 6.42. The van der Waals surface area contributed by atoms with Crippen molar-refractivity contribution in [2.24, 2.45) is 0 Å². The number of nitrogens with one attached hydrogen (secondary N) is 2. The number of piperidine rings is 1. The number of hydrogen-bond donors (Lipinski definition) is 3. The van der Waals surface area contributed by atoms with Gasteiger partial charge in [-0.15, -0.1) is 0 Å². The Hall–Kier alpha value is -2.58. The van der Waals surface area contributed by atoms with Gasteiger partial charge in [-0.25, -0.2) is 9.78 Å². The van der Waals surface area contributed by atoms with Gasteiger partial charge in [0.1, 0.15) is 5.82 Å². The van der Waals surface area contributed by atoms with Gasteiger partial charge in [-0.1, -0.05) is 0 Å². The van der Waals surface area contributed by atoms with Crippen LogP contribution in [-0.2, 0) is 16.1 Å². The van der Waals surface area contributed by atoms with Crippen molar-refractivity contribution in [3.8, 4) is 0 Å². The number of H-pyrrole nitrogens is 1. The molecule has 0 radical (unpaired) electrons. The number of likely N-dealkylation sites (tertiary alicyclic amines) is 2. The molecular weight excluding hydrogens is 338 g/mol. The Balaban J connectivity index is 0.000000758. The maximum atomic E-state index is 12.5. The van der Waals surface area contributed by atoms with Crippen LogP contribution in [0.25, 0.3) is 0 Å². The first-order valence-corrected chi connectivity index (χ1v) is 9.04. The van der Waals surface area contributed by atoms with E-state index in [9.17, 15) is 9.59 Å². The molecule has 0 aromatic carbocycles. The van der Waals surface area contributed by atoms with E-state index in [0.717, 1.165) is 57.6 Å². The second kappa shape index (κ2) is 10.4. The first-order valence-electron chi connectivity index (χ1n) is 9.04. The van der Waals surface area contributed by atoms with Crippen molar-refractivity contribution < 1.29 is 19.5 Å². The number of urea groups is 1. The predicted octanol–water partition coefficient (Wildman–Crippen LogP) is 1.19. The maximum Gasteiger partial charge on any atom is 0.318 e. The third-order valence-corrected chi connectivity index (χ3v) is 4.75. The SMILES string of the molecule is O=C1CCCN1CCC1CCCCN1C(=O)NCc1ncc[nH]1.O=CO. The number of carboxylic acid groups (broad SMARTS) is 1. The van der Waals surface area contributed by atoms with Crippen LogP contribution in [-0.4, -0.2) is 69.0 Å². The third-order valence-electron chi connectivity index (χ3n) is 4.75. The van der Waals surface area contributed by atoms with E-state index in [-0.39, 0.29) is 24.5 Å². The first kappa shape index (κ1) is 19.7. The minimum absolute atomic E-state index is 0.0288. The largest absolute Gasteiger partial charge is 0.483 e. The summed E-state index contributed by atoms with van der Waals surface area (Å²) in [7, 11) is 0. The number of carbonyl (C=O) groups excluding carboxylic acids is 2. The zero-order chi connectivity index (χ0) is 18.8. The molecule has 1 unspecified atom stereocenters. The second-order valence-corrected chi connectivity index (χ2v) is 6.42. The van der Waals surface area contributed by atoms with Gasteiger partial charge in [0, 0.05) is 44.5 Å². The van der Waals surface area contributed by atoms with Crippen molar-refractivity contribution in [3.05, 3.63) is 18.2 Å². The molecule has 2 saturated heterocycles. The normalized spacial score (nSPS) is 19.7. The molecule has 0 aliphatic carbocycles. The van der Waals surface area contributed by atoms with Crippen molar-refractivity contribution in [1.29, 1.82) is 0 Å². The lowest BCUT2D eigenvalue weighted by molar-refractivity contribution is -0.128. The standard InChI is InChI=1S/C16H25N5O2.CH2O2/c22-15-5-3-9-20(15)11-6-13-4-1-2-10-21(13)16(23)19-12-14-17-7-8-18-14;2-1-3/h7-8,13H,1-6,9-12H2,(H,17,18)(H,19,23);1H,(H,2,3). The Morgan fingerprint density at radius 1 is 1.38 bits per heavy atom. The summed E-state index contributed by atoms with van der Waals surface area (Å²) in [5, 5.41) is 9.82. The number of imidazole rings is 1. The number of carbonyl (C=O) groups is 3. The molecular formula is C17H27N5O4. The van der Waals surface area contributed by atoms with E-state index in [2.05, 4.69) is 15.3 Å². The van der Waals surface area contributed by atoms with Crippen molar-refractivity contribution in [3.63, 3.8) is 0 Å². The molecule has 0 bridgehead atoms. The highest BCUT2D eigenvalue weighted by Gasteiger charge is 2.28. The average Bonchev–Trinajstić information content (AvgIpc) is 3.30. The Labute approximate surface area is 152 Å². The van der Waals surface area contributed by atoms with Crippen molar-refractivity contribution in [1.82, 2.24) is 25.1 Å². The summed E-state index contributed by atoms with van der Waals surface area (Å²) in [4.78, 5) is 43.5. The number of rotatable bonds is 5. The quantitative estimate of drug-likeness (QED) is 0.677. The van der Waals surface area contributed by atoms with Crippen LogP contribution in [0.15, 0.2) is 12.4 Å². The zero-order valence-corrected chi connectivity index (χ0v) is 14.9.